The summed E-state index contributed by atoms with van der Waals surface area (Å²) in [6, 6.07) is 21.0. The van der Waals surface area contributed by atoms with Crippen molar-refractivity contribution in [2.45, 2.75) is 0 Å². The average Bonchev–Trinajstić information content (AvgIpc) is 2.99. The highest BCUT2D eigenvalue weighted by Crippen LogP contribution is 2.36. The minimum absolute atomic E-state index is 0.0960. The highest BCUT2D eigenvalue weighted by Gasteiger charge is 2.31. The van der Waals surface area contributed by atoms with E-state index in [0.29, 0.717) is 22.8 Å². The van der Waals surface area contributed by atoms with E-state index in [9.17, 15) is 9.59 Å². The van der Waals surface area contributed by atoms with Crippen molar-refractivity contribution in [1.29, 1.82) is 0 Å². The molecule has 2 aromatic carbocycles. The van der Waals surface area contributed by atoms with Crippen LogP contribution in [-0.2, 0) is 4.79 Å². The van der Waals surface area contributed by atoms with E-state index in [1.807, 2.05) is 24.3 Å². The Kier molecular flexibility index (Phi) is 6.46. The molecule has 1 saturated heterocycles. The second kappa shape index (κ2) is 9.99. The molecule has 0 bridgehead atoms. The monoisotopic (exact) mass is 453 g/mol. The van der Waals surface area contributed by atoms with Gasteiger partial charge in [-0.05, 0) is 29.8 Å². The Morgan fingerprint density at radius 1 is 0.912 bits per heavy atom. The SMILES string of the molecule is O=C1Nc2cccnc2N(C(=O)CN2CCN(CC=Cc3ccccc3)CC2)c2ccccc21. The van der Waals surface area contributed by atoms with E-state index in [4.69, 9.17) is 0 Å². The van der Waals surface area contributed by atoms with Crippen molar-refractivity contribution in [1.82, 2.24) is 14.8 Å². The number of piperazine rings is 1. The number of nitrogens with zero attached hydrogens (tertiary/aromatic N) is 4. The zero-order valence-electron chi connectivity index (χ0n) is 18.9. The van der Waals surface area contributed by atoms with Crippen molar-refractivity contribution in [2.75, 3.05) is 49.5 Å². The zero-order chi connectivity index (χ0) is 23.3. The fourth-order valence-electron chi connectivity index (χ4n) is 4.38. The van der Waals surface area contributed by atoms with Crippen LogP contribution in [-0.4, -0.2) is 65.9 Å². The number of amides is 2. The summed E-state index contributed by atoms with van der Waals surface area (Å²) in [6.07, 6.45) is 5.98. The molecular formula is C27H27N5O2. The second-order valence-electron chi connectivity index (χ2n) is 8.46. The number of anilines is 3. The van der Waals surface area contributed by atoms with Crippen molar-refractivity contribution < 1.29 is 9.59 Å². The minimum atomic E-state index is -0.239. The van der Waals surface area contributed by atoms with E-state index in [2.05, 4.69) is 44.4 Å². The predicted octanol–water partition coefficient (Wildman–Crippen LogP) is 3.64. The van der Waals surface area contributed by atoms with Crippen LogP contribution in [0, 0.1) is 0 Å². The maximum Gasteiger partial charge on any atom is 0.257 e. The van der Waals surface area contributed by atoms with E-state index in [1.165, 1.54) is 5.56 Å². The fourth-order valence-corrected chi connectivity index (χ4v) is 4.38. The minimum Gasteiger partial charge on any atom is -0.319 e. The van der Waals surface area contributed by atoms with Gasteiger partial charge in [0.1, 0.15) is 0 Å². The molecule has 0 radical (unpaired) electrons. The van der Waals surface area contributed by atoms with E-state index in [1.54, 1.807) is 41.4 Å². The maximum atomic E-state index is 13.5. The molecule has 3 heterocycles. The number of hydrogen-bond acceptors (Lipinski definition) is 5. The van der Waals surface area contributed by atoms with Gasteiger partial charge in [-0.3, -0.25) is 24.3 Å². The number of hydrogen-bond donors (Lipinski definition) is 1. The molecular weight excluding hydrogens is 426 g/mol. The van der Waals surface area contributed by atoms with Crippen LogP contribution < -0.4 is 10.2 Å². The Hall–Kier alpha value is -3.81. The third-order valence-electron chi connectivity index (χ3n) is 6.18. The van der Waals surface area contributed by atoms with Crippen LogP contribution in [0.3, 0.4) is 0 Å². The number of nitrogens with one attached hydrogen (secondary N) is 1. The van der Waals surface area contributed by atoms with E-state index in [0.717, 1.165) is 32.7 Å². The first-order valence-corrected chi connectivity index (χ1v) is 11.5. The lowest BCUT2D eigenvalue weighted by Gasteiger charge is -2.34. The van der Waals surface area contributed by atoms with Gasteiger partial charge >= 0.3 is 0 Å². The Morgan fingerprint density at radius 3 is 2.47 bits per heavy atom. The molecule has 0 spiro atoms. The van der Waals surface area contributed by atoms with Crippen LogP contribution in [0.1, 0.15) is 15.9 Å². The molecule has 1 aromatic heterocycles. The lowest BCUT2D eigenvalue weighted by Crippen LogP contribution is -2.49. The second-order valence-corrected chi connectivity index (χ2v) is 8.46. The first-order valence-electron chi connectivity index (χ1n) is 11.5. The quantitative estimate of drug-likeness (QED) is 0.639. The van der Waals surface area contributed by atoms with Crippen LogP contribution >= 0.6 is 0 Å². The van der Waals surface area contributed by atoms with Gasteiger partial charge < -0.3 is 5.32 Å². The third-order valence-corrected chi connectivity index (χ3v) is 6.18. The highest BCUT2D eigenvalue weighted by molar-refractivity contribution is 6.17. The van der Waals surface area contributed by atoms with E-state index >= 15 is 0 Å². The lowest BCUT2D eigenvalue weighted by molar-refractivity contribution is -0.119. The molecule has 0 aliphatic carbocycles. The number of rotatable bonds is 5. The maximum absolute atomic E-state index is 13.5. The van der Waals surface area contributed by atoms with Gasteiger partial charge in [0.25, 0.3) is 5.91 Å². The van der Waals surface area contributed by atoms with Crippen molar-refractivity contribution in [3.05, 3.63) is 90.1 Å². The van der Waals surface area contributed by atoms with Crippen molar-refractivity contribution >= 4 is 35.1 Å². The highest BCUT2D eigenvalue weighted by atomic mass is 16.2. The summed E-state index contributed by atoms with van der Waals surface area (Å²) in [5.41, 5.74) is 2.76. The van der Waals surface area contributed by atoms with Gasteiger partial charge in [-0.25, -0.2) is 4.98 Å². The number of carbonyl (C=O) groups excluding carboxylic acids is 2. The topological polar surface area (TPSA) is 68.8 Å². The molecule has 2 aliphatic heterocycles. The van der Waals surface area contributed by atoms with Crippen molar-refractivity contribution in [3.63, 3.8) is 0 Å². The summed E-state index contributed by atoms with van der Waals surface area (Å²) in [5, 5.41) is 2.88. The molecule has 7 nitrogen and oxygen atoms in total. The van der Waals surface area contributed by atoms with Gasteiger partial charge in [-0.2, -0.15) is 0 Å². The summed E-state index contributed by atoms with van der Waals surface area (Å²) in [5.74, 6) is 0.120. The number of pyridine rings is 1. The van der Waals surface area contributed by atoms with Crippen LogP contribution in [0.2, 0.25) is 0 Å². The van der Waals surface area contributed by atoms with Gasteiger partial charge in [0, 0.05) is 38.9 Å². The molecule has 3 aromatic rings. The molecule has 2 amide bonds. The average molecular weight is 454 g/mol. The van der Waals surface area contributed by atoms with Gasteiger partial charge in [-0.1, -0.05) is 54.6 Å². The Balaban J connectivity index is 1.25. The molecule has 1 N–H and O–H groups in total. The van der Waals surface area contributed by atoms with Crippen LogP contribution in [0.25, 0.3) is 6.08 Å². The van der Waals surface area contributed by atoms with Gasteiger partial charge in [0.2, 0.25) is 5.91 Å². The Labute approximate surface area is 199 Å². The summed E-state index contributed by atoms with van der Waals surface area (Å²) >= 11 is 0. The van der Waals surface area contributed by atoms with Gasteiger partial charge in [0.05, 0.1) is 23.5 Å². The summed E-state index contributed by atoms with van der Waals surface area (Å²) in [6.45, 7) is 4.59. The summed E-state index contributed by atoms with van der Waals surface area (Å²) in [7, 11) is 0. The number of fused-ring (bicyclic) bond motifs is 2. The largest absolute Gasteiger partial charge is 0.319 e. The fraction of sp³-hybridized carbons (Fsp3) is 0.222. The number of benzene rings is 2. The molecule has 2 aliphatic rings. The molecule has 0 saturated carbocycles. The van der Waals surface area contributed by atoms with Crippen LogP contribution in [0.15, 0.2) is 79.0 Å². The molecule has 0 unspecified atom stereocenters. The zero-order valence-corrected chi connectivity index (χ0v) is 18.9. The van der Waals surface area contributed by atoms with Crippen molar-refractivity contribution in [3.8, 4) is 0 Å². The molecule has 0 atom stereocenters. The molecule has 34 heavy (non-hydrogen) atoms. The standard InChI is InChI=1S/C27H27N5O2/c33-25(20-31-18-16-30(17-19-31)15-7-10-21-8-2-1-3-9-21)32-24-13-5-4-11-22(24)27(34)29-23-12-6-14-28-26(23)32/h1-14H,15-20H2,(H,29,34). The van der Waals surface area contributed by atoms with E-state index in [-0.39, 0.29) is 18.4 Å². The number of aromatic nitrogens is 1. The van der Waals surface area contributed by atoms with Crippen LogP contribution in [0.5, 0.6) is 0 Å². The van der Waals surface area contributed by atoms with E-state index < -0.39 is 0 Å². The van der Waals surface area contributed by atoms with Crippen LogP contribution in [0.4, 0.5) is 17.2 Å². The van der Waals surface area contributed by atoms with Gasteiger partial charge in [-0.15, -0.1) is 0 Å². The normalized spacial score (nSPS) is 16.6. The lowest BCUT2D eigenvalue weighted by atomic mass is 10.1. The Bertz CT molecular complexity index is 1200. The first-order chi connectivity index (χ1) is 16.7. The smallest absolute Gasteiger partial charge is 0.257 e. The molecule has 5 rings (SSSR count). The predicted molar refractivity (Wildman–Crippen MR) is 134 cm³/mol. The summed E-state index contributed by atoms with van der Waals surface area (Å²) < 4.78 is 0. The summed E-state index contributed by atoms with van der Waals surface area (Å²) in [4.78, 5) is 36.9. The van der Waals surface area contributed by atoms with Crippen molar-refractivity contribution in [2.24, 2.45) is 0 Å². The number of para-hydroxylation sites is 1. The Morgan fingerprint density at radius 2 is 1.65 bits per heavy atom. The third kappa shape index (κ3) is 4.76. The molecule has 172 valence electrons. The first kappa shape index (κ1) is 22.0. The molecule has 1 fully saturated rings. The van der Waals surface area contributed by atoms with Gasteiger partial charge in [0.15, 0.2) is 5.82 Å². The number of carbonyl (C=O) groups is 2. The molecule has 7 heteroatoms.